The van der Waals surface area contributed by atoms with Gasteiger partial charge in [0, 0.05) is 49.1 Å². The molecule has 0 bridgehead atoms. The summed E-state index contributed by atoms with van der Waals surface area (Å²) in [6.45, 7) is 4.83. The summed E-state index contributed by atoms with van der Waals surface area (Å²) in [5.41, 5.74) is 3.70. The second-order valence-electron chi connectivity index (χ2n) is 12.7. The van der Waals surface area contributed by atoms with Gasteiger partial charge in [0.25, 0.3) is 0 Å². The zero-order valence-electron chi connectivity index (χ0n) is 30.0. The monoisotopic (exact) mass is 802 g/mol. The molecule has 0 saturated heterocycles. The van der Waals surface area contributed by atoms with E-state index < -0.39 is 0 Å². The van der Waals surface area contributed by atoms with Crippen molar-refractivity contribution in [3.05, 3.63) is 158 Å². The van der Waals surface area contributed by atoms with Crippen LogP contribution in [-0.2, 0) is 16.0 Å². The number of para-hydroxylation sites is 2. The fraction of sp³-hybridized carbons (Fsp3) is 0.205. The molecule has 7 aromatic rings. The minimum atomic E-state index is -0.0735. The average molecular weight is 804 g/mol. The van der Waals surface area contributed by atoms with Crippen molar-refractivity contribution in [2.75, 3.05) is 52.7 Å². The van der Waals surface area contributed by atoms with E-state index in [2.05, 4.69) is 25.8 Å². The van der Waals surface area contributed by atoms with Gasteiger partial charge in [-0.15, -0.1) is 0 Å². The SMILES string of the molecule is O=c1cc(-c2ccc(OCCOCCN(CCOCCOc3ccc(-c4cc(=O)c5ccccc5o4)cc3)Cc3ccnc(Br)c3)cc2)oc2ccccc12. The van der Waals surface area contributed by atoms with Crippen molar-refractivity contribution in [2.45, 2.75) is 6.54 Å². The van der Waals surface area contributed by atoms with Gasteiger partial charge < -0.3 is 27.8 Å². The van der Waals surface area contributed by atoms with Crippen molar-refractivity contribution >= 4 is 37.9 Å². The first-order valence-electron chi connectivity index (χ1n) is 18.0. The van der Waals surface area contributed by atoms with Gasteiger partial charge in [0.15, 0.2) is 10.9 Å². The number of rotatable bonds is 18. The number of hydrogen-bond acceptors (Lipinski definition) is 10. The highest BCUT2D eigenvalue weighted by Crippen LogP contribution is 2.26. The Labute approximate surface area is 326 Å². The van der Waals surface area contributed by atoms with Gasteiger partial charge in [-0.05, 0) is 106 Å². The Morgan fingerprint density at radius 1 is 0.564 bits per heavy atom. The molecule has 0 spiro atoms. The van der Waals surface area contributed by atoms with E-state index in [-0.39, 0.29) is 10.9 Å². The lowest BCUT2D eigenvalue weighted by atomic mass is 10.1. The number of nitrogens with zero attached hydrogens (tertiary/aromatic N) is 2. The lowest BCUT2D eigenvalue weighted by Crippen LogP contribution is -2.31. The minimum absolute atomic E-state index is 0.0735. The number of ether oxygens (including phenoxy) is 4. The summed E-state index contributed by atoms with van der Waals surface area (Å²) in [7, 11) is 0. The summed E-state index contributed by atoms with van der Waals surface area (Å²) in [6.07, 6.45) is 1.79. The normalized spacial score (nSPS) is 11.4. The molecule has 0 aliphatic rings. The van der Waals surface area contributed by atoms with Crippen LogP contribution < -0.4 is 20.3 Å². The van der Waals surface area contributed by atoms with Gasteiger partial charge in [-0.1, -0.05) is 24.3 Å². The van der Waals surface area contributed by atoms with Crippen LogP contribution in [0.2, 0.25) is 0 Å². The zero-order chi connectivity index (χ0) is 37.8. The van der Waals surface area contributed by atoms with E-state index in [0.717, 1.165) is 21.3 Å². The predicted octanol–water partition coefficient (Wildman–Crippen LogP) is 8.38. The molecule has 0 amide bonds. The van der Waals surface area contributed by atoms with E-state index in [0.29, 0.717) is 104 Å². The van der Waals surface area contributed by atoms with Crippen LogP contribution in [0.15, 0.2) is 151 Å². The third kappa shape index (κ3) is 10.3. The van der Waals surface area contributed by atoms with Gasteiger partial charge in [-0.2, -0.15) is 0 Å². The molecule has 0 atom stereocenters. The number of halogens is 1. The summed E-state index contributed by atoms with van der Waals surface area (Å²) in [6, 6.07) is 36.4. The van der Waals surface area contributed by atoms with E-state index in [1.54, 1.807) is 30.5 Å². The fourth-order valence-electron chi connectivity index (χ4n) is 6.02. The Kier molecular flexibility index (Phi) is 12.8. The molecule has 3 aromatic heterocycles. The lowest BCUT2D eigenvalue weighted by Gasteiger charge is -2.22. The number of benzene rings is 4. The van der Waals surface area contributed by atoms with E-state index in [9.17, 15) is 9.59 Å². The Balaban J connectivity index is 0.824. The molecule has 11 heteroatoms. The highest BCUT2D eigenvalue weighted by Gasteiger charge is 2.10. The molecule has 0 N–H and O–H groups in total. The summed E-state index contributed by atoms with van der Waals surface area (Å²) in [5, 5.41) is 1.12. The Morgan fingerprint density at radius 3 is 1.55 bits per heavy atom. The Bertz CT molecular complexity index is 2300. The van der Waals surface area contributed by atoms with Crippen LogP contribution in [0.1, 0.15) is 5.56 Å². The standard InChI is InChI=1S/C44H39BrN2O8/c45-44-27-31(17-18-46-44)30-47(19-21-50-23-25-52-34-13-9-32(10-14-34)42-28-38(48)36-5-1-3-7-40(36)54-42)20-22-51-24-26-53-35-15-11-33(12-16-35)43-29-39(49)37-6-2-4-8-41(37)55-43/h1-18,27-29H,19-26,30H2. The van der Waals surface area contributed by atoms with Crippen LogP contribution in [0.4, 0.5) is 0 Å². The first-order chi connectivity index (χ1) is 27.0. The molecular formula is C44H39BrN2O8. The van der Waals surface area contributed by atoms with Crippen LogP contribution in [0.3, 0.4) is 0 Å². The first kappa shape index (κ1) is 37.7. The summed E-state index contributed by atoms with van der Waals surface area (Å²) >= 11 is 3.47. The molecule has 0 unspecified atom stereocenters. The molecule has 55 heavy (non-hydrogen) atoms. The maximum atomic E-state index is 12.5. The van der Waals surface area contributed by atoms with Gasteiger partial charge in [-0.3, -0.25) is 14.5 Å². The van der Waals surface area contributed by atoms with Crippen molar-refractivity contribution in [3.63, 3.8) is 0 Å². The van der Waals surface area contributed by atoms with Crippen LogP contribution in [-0.4, -0.2) is 62.6 Å². The third-order valence-corrected chi connectivity index (χ3v) is 9.27. The Hall–Kier alpha value is -5.59. The highest BCUT2D eigenvalue weighted by atomic mass is 79.9. The molecular weight excluding hydrogens is 764 g/mol. The average Bonchev–Trinajstić information content (AvgIpc) is 3.21. The van der Waals surface area contributed by atoms with Crippen LogP contribution in [0.5, 0.6) is 11.5 Å². The second-order valence-corrected chi connectivity index (χ2v) is 13.5. The largest absolute Gasteiger partial charge is 0.491 e. The number of pyridine rings is 1. The van der Waals surface area contributed by atoms with Crippen molar-refractivity contribution < 1.29 is 27.8 Å². The smallest absolute Gasteiger partial charge is 0.193 e. The fourth-order valence-corrected chi connectivity index (χ4v) is 6.43. The molecule has 7 rings (SSSR count). The summed E-state index contributed by atoms with van der Waals surface area (Å²) in [5.74, 6) is 2.43. The van der Waals surface area contributed by atoms with E-state index >= 15 is 0 Å². The van der Waals surface area contributed by atoms with E-state index in [1.165, 1.54) is 12.1 Å². The summed E-state index contributed by atoms with van der Waals surface area (Å²) in [4.78, 5) is 31.5. The Morgan fingerprint density at radius 2 is 1.05 bits per heavy atom. The molecule has 0 aliphatic heterocycles. The van der Waals surface area contributed by atoms with Crippen LogP contribution >= 0.6 is 15.9 Å². The number of aromatic nitrogens is 1. The molecule has 0 aliphatic carbocycles. The maximum absolute atomic E-state index is 12.5. The molecule has 280 valence electrons. The van der Waals surface area contributed by atoms with Gasteiger partial charge in [0.2, 0.25) is 0 Å². The van der Waals surface area contributed by atoms with Crippen LogP contribution in [0.25, 0.3) is 44.6 Å². The van der Waals surface area contributed by atoms with Crippen molar-refractivity contribution in [2.24, 2.45) is 0 Å². The van der Waals surface area contributed by atoms with Gasteiger partial charge >= 0.3 is 0 Å². The summed E-state index contributed by atoms with van der Waals surface area (Å²) < 4.78 is 36.3. The molecule has 10 nitrogen and oxygen atoms in total. The molecule has 4 aromatic carbocycles. The quantitative estimate of drug-likeness (QED) is 0.0620. The highest BCUT2D eigenvalue weighted by molar-refractivity contribution is 9.10. The van der Waals surface area contributed by atoms with Gasteiger partial charge in [0.1, 0.15) is 52.0 Å². The van der Waals surface area contributed by atoms with Crippen molar-refractivity contribution in [1.29, 1.82) is 0 Å². The molecule has 3 heterocycles. The molecule has 0 radical (unpaired) electrons. The lowest BCUT2D eigenvalue weighted by molar-refractivity contribution is 0.0534. The van der Waals surface area contributed by atoms with Crippen molar-refractivity contribution in [3.8, 4) is 34.1 Å². The van der Waals surface area contributed by atoms with Gasteiger partial charge in [-0.25, -0.2) is 4.98 Å². The van der Waals surface area contributed by atoms with Gasteiger partial charge in [0.05, 0.1) is 37.2 Å². The van der Waals surface area contributed by atoms with E-state index in [4.69, 9.17) is 27.8 Å². The predicted molar refractivity (Wildman–Crippen MR) is 216 cm³/mol. The molecule has 0 saturated carbocycles. The number of fused-ring (bicyclic) bond motifs is 2. The minimum Gasteiger partial charge on any atom is -0.491 e. The number of hydrogen-bond donors (Lipinski definition) is 0. The first-order valence-corrected chi connectivity index (χ1v) is 18.8. The molecule has 0 fully saturated rings. The maximum Gasteiger partial charge on any atom is 0.193 e. The second kappa shape index (κ2) is 18.6. The third-order valence-electron chi connectivity index (χ3n) is 8.84. The van der Waals surface area contributed by atoms with E-state index in [1.807, 2.05) is 84.9 Å². The van der Waals surface area contributed by atoms with Crippen molar-refractivity contribution in [1.82, 2.24) is 9.88 Å². The zero-order valence-corrected chi connectivity index (χ0v) is 31.6. The topological polar surface area (TPSA) is 113 Å². The van der Waals surface area contributed by atoms with Crippen LogP contribution in [0, 0.1) is 0 Å².